The highest BCUT2D eigenvalue weighted by Crippen LogP contribution is 2.18. The van der Waals surface area contributed by atoms with Gasteiger partial charge in [0.2, 0.25) is 0 Å². The van der Waals surface area contributed by atoms with E-state index < -0.39 is 12.2 Å². The van der Waals surface area contributed by atoms with E-state index >= 15 is 0 Å². The Labute approximate surface area is 172 Å². The molecule has 0 aromatic heterocycles. The van der Waals surface area contributed by atoms with E-state index in [-0.39, 0.29) is 12.1 Å². The molecule has 0 saturated heterocycles. The summed E-state index contributed by atoms with van der Waals surface area (Å²) in [6.07, 6.45) is 21.2. The minimum absolute atomic E-state index is 0.254. The minimum Gasteiger partial charge on any atom is -0.459 e. The number of ether oxygens (including phenoxy) is 1. The fourth-order valence-corrected chi connectivity index (χ4v) is 3.94. The number of unbranched alkanes of at least 4 members (excludes halogenated alkanes) is 12. The van der Waals surface area contributed by atoms with Crippen LogP contribution in [0.4, 0.5) is 0 Å². The van der Waals surface area contributed by atoms with Gasteiger partial charge in [0.1, 0.15) is 6.10 Å². The van der Waals surface area contributed by atoms with Gasteiger partial charge in [0.05, 0.1) is 12.2 Å². The van der Waals surface area contributed by atoms with Crippen LogP contribution >= 0.6 is 0 Å². The van der Waals surface area contributed by atoms with Crippen LogP contribution in [-0.2, 0) is 9.53 Å². The molecule has 1 heterocycles. The molecule has 0 radical (unpaired) electrons. The molecule has 4 nitrogen and oxygen atoms in total. The molecule has 4 heteroatoms. The summed E-state index contributed by atoms with van der Waals surface area (Å²) in [4.78, 5) is 11.2. The molecule has 0 aromatic rings. The Morgan fingerprint density at radius 1 is 0.893 bits per heavy atom. The molecule has 2 N–H and O–H groups in total. The van der Waals surface area contributed by atoms with Crippen molar-refractivity contribution >= 4 is 5.97 Å². The van der Waals surface area contributed by atoms with Gasteiger partial charge >= 0.3 is 5.97 Å². The maximum Gasteiger partial charge on any atom is 0.330 e. The number of rotatable bonds is 18. The van der Waals surface area contributed by atoms with Crippen LogP contribution in [0.1, 0.15) is 116 Å². The molecule has 0 fully saturated rings. The van der Waals surface area contributed by atoms with Crippen LogP contribution in [0.2, 0.25) is 0 Å². The summed E-state index contributed by atoms with van der Waals surface area (Å²) >= 11 is 0. The predicted molar refractivity (Wildman–Crippen MR) is 115 cm³/mol. The van der Waals surface area contributed by atoms with Crippen molar-refractivity contribution in [1.29, 1.82) is 0 Å². The lowest BCUT2D eigenvalue weighted by molar-refractivity contribution is -0.145. The highest BCUT2D eigenvalue weighted by atomic mass is 16.5. The molecule has 3 atom stereocenters. The first-order valence-corrected chi connectivity index (χ1v) is 11.8. The van der Waals surface area contributed by atoms with E-state index in [1.807, 2.05) is 0 Å². The maximum atomic E-state index is 11.2. The Bertz CT molecular complexity index is 407. The van der Waals surface area contributed by atoms with Crippen LogP contribution in [0.5, 0.6) is 0 Å². The number of hydrogen-bond donors (Lipinski definition) is 2. The molecule has 0 spiro atoms. The zero-order valence-electron chi connectivity index (χ0n) is 18.1. The first-order valence-electron chi connectivity index (χ1n) is 11.8. The topological polar surface area (TPSA) is 66.8 Å². The van der Waals surface area contributed by atoms with Gasteiger partial charge in [-0.15, -0.1) is 0 Å². The van der Waals surface area contributed by atoms with Gasteiger partial charge in [0.15, 0.2) is 0 Å². The van der Waals surface area contributed by atoms with E-state index in [0.29, 0.717) is 19.3 Å². The van der Waals surface area contributed by atoms with Crippen LogP contribution in [0.25, 0.3) is 0 Å². The highest BCUT2D eigenvalue weighted by molar-refractivity contribution is 5.82. The zero-order valence-corrected chi connectivity index (χ0v) is 18.1. The normalized spacial score (nSPS) is 18.8. The van der Waals surface area contributed by atoms with Gasteiger partial charge in [-0.05, 0) is 12.8 Å². The lowest BCUT2D eigenvalue weighted by Gasteiger charge is -2.22. The van der Waals surface area contributed by atoms with Gasteiger partial charge < -0.3 is 14.9 Å². The molecular formula is C24H44O4. The Hall–Kier alpha value is -0.870. The highest BCUT2D eigenvalue weighted by Gasteiger charge is 2.21. The van der Waals surface area contributed by atoms with Crippen LogP contribution in [0, 0.1) is 0 Å². The van der Waals surface area contributed by atoms with Gasteiger partial charge in [-0.2, -0.15) is 0 Å². The van der Waals surface area contributed by atoms with Crippen molar-refractivity contribution in [1.82, 2.24) is 0 Å². The van der Waals surface area contributed by atoms with Crippen molar-refractivity contribution in [2.45, 2.75) is 134 Å². The van der Waals surface area contributed by atoms with Crippen molar-refractivity contribution < 1.29 is 19.7 Å². The van der Waals surface area contributed by atoms with Crippen LogP contribution in [-0.4, -0.2) is 34.5 Å². The number of cyclic esters (lactones) is 1. The number of esters is 1. The average molecular weight is 397 g/mol. The summed E-state index contributed by atoms with van der Waals surface area (Å²) in [5.74, 6) is -0.337. The Balaban J connectivity index is 1.86. The third-order valence-electron chi connectivity index (χ3n) is 5.66. The molecule has 0 saturated carbocycles. The summed E-state index contributed by atoms with van der Waals surface area (Å²) in [5, 5.41) is 20.2. The molecule has 1 aliphatic rings. The average Bonchev–Trinajstić information content (AvgIpc) is 2.65. The first-order chi connectivity index (χ1) is 13.6. The largest absolute Gasteiger partial charge is 0.459 e. The molecule has 0 aromatic carbocycles. The quantitative estimate of drug-likeness (QED) is 0.225. The molecule has 0 aliphatic carbocycles. The Morgan fingerprint density at radius 3 is 1.96 bits per heavy atom. The van der Waals surface area contributed by atoms with Gasteiger partial charge in [-0.25, -0.2) is 4.79 Å². The monoisotopic (exact) mass is 396 g/mol. The molecule has 0 unspecified atom stereocenters. The number of hydrogen-bond acceptors (Lipinski definition) is 4. The summed E-state index contributed by atoms with van der Waals surface area (Å²) in [5.41, 5.74) is 0. The number of aliphatic hydroxyl groups is 2. The second kappa shape index (κ2) is 17.0. The molecule has 1 rings (SSSR count). The summed E-state index contributed by atoms with van der Waals surface area (Å²) in [6.45, 7) is 2.26. The van der Waals surface area contributed by atoms with Gasteiger partial charge in [0, 0.05) is 18.9 Å². The predicted octanol–water partition coefficient (Wildman–Crippen LogP) is 5.84. The third-order valence-corrected chi connectivity index (χ3v) is 5.66. The smallest absolute Gasteiger partial charge is 0.330 e. The summed E-state index contributed by atoms with van der Waals surface area (Å²) < 4.78 is 5.15. The van der Waals surface area contributed by atoms with E-state index in [4.69, 9.17) is 4.74 Å². The Kier molecular flexibility index (Phi) is 15.3. The van der Waals surface area contributed by atoms with Crippen molar-refractivity contribution in [3.8, 4) is 0 Å². The first kappa shape index (κ1) is 25.2. The number of aliphatic hydroxyl groups excluding tert-OH is 2. The van der Waals surface area contributed by atoms with Crippen LogP contribution in [0.15, 0.2) is 12.2 Å². The maximum absolute atomic E-state index is 11.2. The number of carbonyl (C=O) groups excluding carboxylic acids is 1. The molecule has 1 aliphatic heterocycles. The summed E-state index contributed by atoms with van der Waals surface area (Å²) in [6, 6.07) is 0. The SMILES string of the molecule is CCCCCCCCCCCCCCC[C@@H](O)C[C@H](O)C[C@H]1CC=CC(=O)O1. The third kappa shape index (κ3) is 14.2. The summed E-state index contributed by atoms with van der Waals surface area (Å²) in [7, 11) is 0. The van der Waals surface area contributed by atoms with E-state index in [2.05, 4.69) is 6.92 Å². The second-order valence-electron chi connectivity index (χ2n) is 8.51. The van der Waals surface area contributed by atoms with Crippen LogP contribution < -0.4 is 0 Å². The fraction of sp³-hybridized carbons (Fsp3) is 0.875. The molecular weight excluding hydrogens is 352 g/mol. The molecule has 0 bridgehead atoms. The van der Waals surface area contributed by atoms with E-state index in [1.54, 1.807) is 6.08 Å². The standard InChI is InChI=1S/C24H44O4/c1-2-3-4-5-6-7-8-9-10-11-12-13-14-16-21(25)19-22(26)20-23-17-15-18-24(27)28-23/h15,18,21-23,25-26H,2-14,16-17,19-20H2,1H3/t21-,22+,23-/m1/s1. The van der Waals surface area contributed by atoms with Gasteiger partial charge in [-0.3, -0.25) is 0 Å². The van der Waals surface area contributed by atoms with E-state index in [0.717, 1.165) is 19.3 Å². The van der Waals surface area contributed by atoms with Gasteiger partial charge in [-0.1, -0.05) is 96.5 Å². The number of carbonyl (C=O) groups is 1. The molecule has 0 amide bonds. The second-order valence-corrected chi connectivity index (χ2v) is 8.51. The lowest BCUT2D eigenvalue weighted by atomic mass is 9.99. The molecule has 164 valence electrons. The minimum atomic E-state index is -0.610. The van der Waals surface area contributed by atoms with E-state index in [9.17, 15) is 15.0 Å². The van der Waals surface area contributed by atoms with Crippen molar-refractivity contribution in [3.05, 3.63) is 12.2 Å². The zero-order chi connectivity index (χ0) is 20.5. The van der Waals surface area contributed by atoms with Crippen molar-refractivity contribution in [2.75, 3.05) is 0 Å². The van der Waals surface area contributed by atoms with Crippen molar-refractivity contribution in [2.24, 2.45) is 0 Å². The Morgan fingerprint density at radius 2 is 1.43 bits per heavy atom. The van der Waals surface area contributed by atoms with Crippen molar-refractivity contribution in [3.63, 3.8) is 0 Å². The molecule has 28 heavy (non-hydrogen) atoms. The fourth-order valence-electron chi connectivity index (χ4n) is 3.94. The lowest BCUT2D eigenvalue weighted by Crippen LogP contribution is -2.27. The van der Waals surface area contributed by atoms with Gasteiger partial charge in [0.25, 0.3) is 0 Å². The van der Waals surface area contributed by atoms with E-state index in [1.165, 1.54) is 76.7 Å². The van der Waals surface area contributed by atoms with Crippen LogP contribution in [0.3, 0.4) is 0 Å².